The number of benzene rings is 2. The number of carbonyl (C=O) groups excluding carboxylic acids is 1. The number of hydrogen-bond donors (Lipinski definition) is 2. The van der Waals surface area contributed by atoms with Crippen LogP contribution >= 0.6 is 15.9 Å². The molecule has 3 rings (SSSR count). The van der Waals surface area contributed by atoms with Gasteiger partial charge in [0.15, 0.2) is 6.61 Å². The molecule has 0 unspecified atom stereocenters. The van der Waals surface area contributed by atoms with Crippen molar-refractivity contribution in [3.8, 4) is 5.75 Å². The van der Waals surface area contributed by atoms with Gasteiger partial charge in [-0.15, -0.1) is 0 Å². The van der Waals surface area contributed by atoms with Gasteiger partial charge in [0.25, 0.3) is 5.91 Å². The van der Waals surface area contributed by atoms with E-state index in [1.807, 2.05) is 56.4 Å². The molecular formula is C19H18BrN3O2. The van der Waals surface area contributed by atoms with Gasteiger partial charge in [-0.1, -0.05) is 22.0 Å². The third kappa shape index (κ3) is 4.28. The summed E-state index contributed by atoms with van der Waals surface area (Å²) >= 11 is 3.44. The van der Waals surface area contributed by atoms with Gasteiger partial charge < -0.3 is 9.72 Å². The summed E-state index contributed by atoms with van der Waals surface area (Å²) < 4.78 is 6.61. The zero-order valence-corrected chi connectivity index (χ0v) is 15.6. The predicted molar refractivity (Wildman–Crippen MR) is 103 cm³/mol. The maximum atomic E-state index is 11.9. The Labute approximate surface area is 154 Å². The number of fused-ring (bicyclic) bond motifs is 1. The van der Waals surface area contributed by atoms with Crippen LogP contribution in [-0.4, -0.2) is 23.7 Å². The topological polar surface area (TPSA) is 66.5 Å². The van der Waals surface area contributed by atoms with Gasteiger partial charge in [0.2, 0.25) is 0 Å². The lowest BCUT2D eigenvalue weighted by atomic mass is 10.1. The molecule has 1 heterocycles. The van der Waals surface area contributed by atoms with Crippen LogP contribution < -0.4 is 10.2 Å². The minimum Gasteiger partial charge on any atom is -0.483 e. The Morgan fingerprint density at radius 2 is 2.00 bits per heavy atom. The van der Waals surface area contributed by atoms with Gasteiger partial charge in [-0.3, -0.25) is 4.79 Å². The molecule has 2 aromatic carbocycles. The third-order valence-electron chi connectivity index (χ3n) is 3.75. The number of rotatable bonds is 5. The van der Waals surface area contributed by atoms with E-state index in [1.54, 1.807) is 6.21 Å². The van der Waals surface area contributed by atoms with E-state index in [0.717, 1.165) is 37.8 Å². The molecule has 5 nitrogen and oxygen atoms in total. The summed E-state index contributed by atoms with van der Waals surface area (Å²) in [5.74, 6) is 0.418. The molecule has 0 bridgehead atoms. The van der Waals surface area contributed by atoms with Crippen LogP contribution in [0.2, 0.25) is 0 Å². The molecular weight excluding hydrogens is 382 g/mol. The van der Waals surface area contributed by atoms with Crippen molar-refractivity contribution in [1.29, 1.82) is 0 Å². The first-order valence-corrected chi connectivity index (χ1v) is 8.61. The van der Waals surface area contributed by atoms with Gasteiger partial charge >= 0.3 is 0 Å². The Kier molecular flexibility index (Phi) is 5.19. The predicted octanol–water partition coefficient (Wildman–Crippen LogP) is 4.08. The molecule has 0 spiro atoms. The van der Waals surface area contributed by atoms with Gasteiger partial charge in [-0.25, -0.2) is 5.43 Å². The van der Waals surface area contributed by atoms with Crippen molar-refractivity contribution in [1.82, 2.24) is 10.4 Å². The highest BCUT2D eigenvalue weighted by atomic mass is 79.9. The van der Waals surface area contributed by atoms with E-state index in [0.29, 0.717) is 0 Å². The van der Waals surface area contributed by atoms with Crippen molar-refractivity contribution < 1.29 is 9.53 Å². The van der Waals surface area contributed by atoms with E-state index in [1.165, 1.54) is 0 Å². The van der Waals surface area contributed by atoms with Crippen LogP contribution in [0, 0.1) is 13.8 Å². The Morgan fingerprint density at radius 1 is 1.24 bits per heavy atom. The van der Waals surface area contributed by atoms with E-state index < -0.39 is 0 Å². The molecule has 0 saturated carbocycles. The second-order valence-electron chi connectivity index (χ2n) is 5.77. The molecule has 0 fully saturated rings. The average Bonchev–Trinajstić information content (AvgIpc) is 3.01. The first-order valence-electron chi connectivity index (χ1n) is 7.81. The molecule has 0 aliphatic heterocycles. The fourth-order valence-corrected chi connectivity index (χ4v) is 3.31. The molecule has 6 heteroatoms. The molecule has 0 atom stereocenters. The minimum atomic E-state index is -0.305. The van der Waals surface area contributed by atoms with Crippen molar-refractivity contribution >= 4 is 39.0 Å². The number of hydrazone groups is 1. The largest absolute Gasteiger partial charge is 0.483 e. The van der Waals surface area contributed by atoms with E-state index >= 15 is 0 Å². The second kappa shape index (κ2) is 7.53. The summed E-state index contributed by atoms with van der Waals surface area (Å²) in [7, 11) is 0. The number of halogens is 1. The van der Waals surface area contributed by atoms with E-state index in [-0.39, 0.29) is 12.5 Å². The number of carbonyl (C=O) groups is 1. The molecule has 0 aliphatic carbocycles. The number of nitrogens with zero attached hydrogens (tertiary/aromatic N) is 1. The SMILES string of the molecule is Cc1cc(Br)cc(C)c1OCC(=O)N/N=C/c1ccc2[nH]ccc2c1. The summed E-state index contributed by atoms with van der Waals surface area (Å²) in [5, 5.41) is 5.08. The summed E-state index contributed by atoms with van der Waals surface area (Å²) in [4.78, 5) is 15.0. The van der Waals surface area contributed by atoms with Gasteiger partial charge in [-0.2, -0.15) is 5.10 Å². The summed E-state index contributed by atoms with van der Waals surface area (Å²) in [5.41, 5.74) is 6.41. The number of aryl methyl sites for hydroxylation is 2. The highest BCUT2D eigenvalue weighted by molar-refractivity contribution is 9.10. The quantitative estimate of drug-likeness (QED) is 0.501. The fourth-order valence-electron chi connectivity index (χ4n) is 2.63. The van der Waals surface area contributed by atoms with E-state index in [2.05, 4.69) is 31.4 Å². The van der Waals surface area contributed by atoms with Crippen LogP contribution in [0.1, 0.15) is 16.7 Å². The molecule has 128 valence electrons. The molecule has 1 aromatic heterocycles. The van der Waals surface area contributed by atoms with Crippen molar-refractivity contribution in [2.24, 2.45) is 5.10 Å². The van der Waals surface area contributed by atoms with E-state index in [9.17, 15) is 4.79 Å². The summed E-state index contributed by atoms with van der Waals surface area (Å²) in [6.07, 6.45) is 3.50. The number of aromatic amines is 1. The zero-order valence-electron chi connectivity index (χ0n) is 14.0. The number of amides is 1. The van der Waals surface area contributed by atoms with Crippen LogP contribution in [0.4, 0.5) is 0 Å². The first-order chi connectivity index (χ1) is 12.0. The van der Waals surface area contributed by atoms with Gasteiger partial charge in [-0.05, 0) is 66.3 Å². The summed E-state index contributed by atoms with van der Waals surface area (Å²) in [6.45, 7) is 3.80. The van der Waals surface area contributed by atoms with Crippen LogP contribution in [0.5, 0.6) is 5.75 Å². The van der Waals surface area contributed by atoms with Gasteiger partial charge in [0, 0.05) is 16.2 Å². The standard InChI is InChI=1S/C19H18BrN3O2/c1-12-7-16(20)8-13(2)19(12)25-11-18(24)23-22-10-14-3-4-17-15(9-14)5-6-21-17/h3-10,21H,11H2,1-2H3,(H,23,24)/b22-10+. The van der Waals surface area contributed by atoms with Crippen LogP contribution in [-0.2, 0) is 4.79 Å². The number of nitrogens with one attached hydrogen (secondary N) is 2. The highest BCUT2D eigenvalue weighted by Crippen LogP contribution is 2.27. The minimum absolute atomic E-state index is 0.0858. The smallest absolute Gasteiger partial charge is 0.277 e. The Bertz CT molecular complexity index is 924. The Morgan fingerprint density at radius 3 is 2.76 bits per heavy atom. The maximum Gasteiger partial charge on any atom is 0.277 e. The maximum absolute atomic E-state index is 11.9. The lowest BCUT2D eigenvalue weighted by Crippen LogP contribution is -2.25. The number of aromatic nitrogens is 1. The number of ether oxygens (including phenoxy) is 1. The van der Waals surface area contributed by atoms with Gasteiger partial charge in [0.1, 0.15) is 5.75 Å². The molecule has 0 radical (unpaired) electrons. The second-order valence-corrected chi connectivity index (χ2v) is 6.69. The van der Waals surface area contributed by atoms with Crippen LogP contribution in [0.3, 0.4) is 0 Å². The number of hydrogen-bond acceptors (Lipinski definition) is 3. The lowest BCUT2D eigenvalue weighted by molar-refractivity contribution is -0.123. The molecule has 2 N–H and O–H groups in total. The van der Waals surface area contributed by atoms with E-state index in [4.69, 9.17) is 4.74 Å². The molecule has 0 saturated heterocycles. The highest BCUT2D eigenvalue weighted by Gasteiger charge is 2.08. The Hall–Kier alpha value is -2.60. The molecule has 3 aromatic rings. The fraction of sp³-hybridized carbons (Fsp3) is 0.158. The van der Waals surface area contributed by atoms with Crippen LogP contribution in [0.25, 0.3) is 10.9 Å². The monoisotopic (exact) mass is 399 g/mol. The normalized spacial score (nSPS) is 11.2. The zero-order chi connectivity index (χ0) is 17.8. The molecule has 0 aliphatic rings. The van der Waals surface area contributed by atoms with Crippen LogP contribution in [0.15, 0.2) is 52.2 Å². The lowest BCUT2D eigenvalue weighted by Gasteiger charge is -2.11. The molecule has 1 amide bonds. The van der Waals surface area contributed by atoms with Crippen molar-refractivity contribution in [3.63, 3.8) is 0 Å². The van der Waals surface area contributed by atoms with Gasteiger partial charge in [0.05, 0.1) is 6.21 Å². The third-order valence-corrected chi connectivity index (χ3v) is 4.21. The average molecular weight is 400 g/mol. The van der Waals surface area contributed by atoms with Crippen molar-refractivity contribution in [2.75, 3.05) is 6.61 Å². The summed E-state index contributed by atoms with van der Waals surface area (Å²) in [6, 6.07) is 11.8. The number of H-pyrrole nitrogens is 1. The first kappa shape index (κ1) is 17.2. The van der Waals surface area contributed by atoms with Crippen molar-refractivity contribution in [2.45, 2.75) is 13.8 Å². The Balaban J connectivity index is 1.56. The molecule has 25 heavy (non-hydrogen) atoms. The van der Waals surface area contributed by atoms with Crippen molar-refractivity contribution in [3.05, 3.63) is 63.8 Å².